The van der Waals surface area contributed by atoms with Gasteiger partial charge in [-0.1, -0.05) is 25.5 Å². The van der Waals surface area contributed by atoms with Crippen molar-refractivity contribution in [3.05, 3.63) is 24.3 Å². The lowest BCUT2D eigenvalue weighted by molar-refractivity contribution is 0.749. The van der Waals surface area contributed by atoms with E-state index in [1.165, 1.54) is 11.9 Å². The van der Waals surface area contributed by atoms with E-state index in [4.69, 9.17) is 12.2 Å². The first-order valence-corrected chi connectivity index (χ1v) is 7.22. The molecule has 1 aliphatic heterocycles. The summed E-state index contributed by atoms with van der Waals surface area (Å²) in [4.78, 5) is 6.79. The second kappa shape index (κ2) is 5.17. The maximum Gasteiger partial charge on any atom is 0.213 e. The van der Waals surface area contributed by atoms with Gasteiger partial charge in [0.25, 0.3) is 0 Å². The molecule has 0 spiro atoms. The summed E-state index contributed by atoms with van der Waals surface area (Å²) in [5.41, 5.74) is 2.23. The molecule has 19 heavy (non-hydrogen) atoms. The topological polar surface area (TPSA) is 33.1 Å². The lowest BCUT2D eigenvalue weighted by Crippen LogP contribution is -2.39. The SMILES string of the molecule is CCCCNC(=S)N1CCn2c1nc1ccccc12. The minimum Gasteiger partial charge on any atom is -0.362 e. The summed E-state index contributed by atoms with van der Waals surface area (Å²) in [5, 5.41) is 4.11. The Labute approximate surface area is 118 Å². The van der Waals surface area contributed by atoms with E-state index in [1.54, 1.807) is 0 Å². The molecule has 2 heterocycles. The summed E-state index contributed by atoms with van der Waals surface area (Å²) in [5.74, 6) is 0.968. The maximum absolute atomic E-state index is 5.47. The molecule has 0 saturated heterocycles. The Morgan fingerprint density at radius 1 is 1.37 bits per heavy atom. The zero-order valence-corrected chi connectivity index (χ0v) is 11.9. The Hall–Kier alpha value is -1.62. The minimum absolute atomic E-state index is 0.794. The zero-order valence-electron chi connectivity index (χ0n) is 11.1. The van der Waals surface area contributed by atoms with E-state index in [-0.39, 0.29) is 0 Å². The number of hydrogen-bond acceptors (Lipinski definition) is 2. The fourth-order valence-corrected chi connectivity index (χ4v) is 2.72. The second-order valence-corrected chi connectivity index (χ2v) is 5.18. The molecule has 0 fully saturated rings. The van der Waals surface area contributed by atoms with E-state index >= 15 is 0 Å². The summed E-state index contributed by atoms with van der Waals surface area (Å²) in [6.45, 7) is 4.97. The van der Waals surface area contributed by atoms with Crippen molar-refractivity contribution in [3.63, 3.8) is 0 Å². The highest BCUT2D eigenvalue weighted by atomic mass is 32.1. The number of para-hydroxylation sites is 2. The molecule has 0 radical (unpaired) electrons. The van der Waals surface area contributed by atoms with Gasteiger partial charge in [-0.2, -0.15) is 0 Å². The number of anilines is 1. The molecule has 0 saturated carbocycles. The Morgan fingerprint density at radius 3 is 3.05 bits per heavy atom. The molecular formula is C14H18N4S. The zero-order chi connectivity index (χ0) is 13.2. The van der Waals surface area contributed by atoms with Gasteiger partial charge < -0.3 is 9.88 Å². The number of imidazole rings is 1. The van der Waals surface area contributed by atoms with Gasteiger partial charge in [-0.3, -0.25) is 4.90 Å². The molecule has 1 N–H and O–H groups in total. The van der Waals surface area contributed by atoms with E-state index in [0.717, 1.165) is 42.6 Å². The number of aromatic nitrogens is 2. The van der Waals surface area contributed by atoms with Gasteiger partial charge in [-0.25, -0.2) is 4.98 Å². The Balaban J connectivity index is 1.83. The van der Waals surface area contributed by atoms with Crippen molar-refractivity contribution >= 4 is 34.3 Å². The van der Waals surface area contributed by atoms with Gasteiger partial charge in [-0.15, -0.1) is 0 Å². The monoisotopic (exact) mass is 274 g/mol. The molecular weight excluding hydrogens is 256 g/mol. The van der Waals surface area contributed by atoms with Crippen LogP contribution in [0.2, 0.25) is 0 Å². The Bertz CT molecular complexity index is 605. The van der Waals surface area contributed by atoms with Crippen molar-refractivity contribution in [2.24, 2.45) is 0 Å². The van der Waals surface area contributed by atoms with Gasteiger partial charge in [-0.05, 0) is 30.8 Å². The molecule has 0 bridgehead atoms. The van der Waals surface area contributed by atoms with Crippen LogP contribution in [0.15, 0.2) is 24.3 Å². The van der Waals surface area contributed by atoms with Gasteiger partial charge in [0.05, 0.1) is 11.0 Å². The molecule has 0 unspecified atom stereocenters. The van der Waals surface area contributed by atoms with Crippen LogP contribution in [0.3, 0.4) is 0 Å². The van der Waals surface area contributed by atoms with Crippen LogP contribution < -0.4 is 10.2 Å². The Kier molecular flexibility index (Phi) is 3.38. The standard InChI is InChI=1S/C14H18N4S/c1-2-3-8-15-14(19)18-10-9-17-12-7-5-4-6-11(12)16-13(17)18/h4-7H,2-3,8-10H2,1H3,(H,15,19). The predicted molar refractivity (Wildman–Crippen MR) is 82.6 cm³/mol. The number of rotatable bonds is 3. The van der Waals surface area contributed by atoms with Crippen molar-refractivity contribution in [1.29, 1.82) is 0 Å². The molecule has 0 amide bonds. The third-order valence-electron chi connectivity index (χ3n) is 3.47. The molecule has 2 aromatic rings. The van der Waals surface area contributed by atoms with E-state index in [9.17, 15) is 0 Å². The third-order valence-corrected chi connectivity index (χ3v) is 3.84. The van der Waals surface area contributed by atoms with Gasteiger partial charge >= 0.3 is 0 Å². The summed E-state index contributed by atoms with van der Waals surface area (Å²) < 4.78 is 2.24. The first-order chi connectivity index (χ1) is 9.31. The lowest BCUT2D eigenvalue weighted by atomic mass is 10.3. The van der Waals surface area contributed by atoms with E-state index < -0.39 is 0 Å². The molecule has 1 aliphatic rings. The number of nitrogens with one attached hydrogen (secondary N) is 1. The van der Waals surface area contributed by atoms with Crippen molar-refractivity contribution in [2.45, 2.75) is 26.3 Å². The number of benzene rings is 1. The van der Waals surface area contributed by atoms with Crippen LogP contribution in [-0.2, 0) is 6.54 Å². The molecule has 1 aromatic heterocycles. The van der Waals surface area contributed by atoms with Crippen LogP contribution >= 0.6 is 12.2 Å². The number of nitrogens with zero attached hydrogens (tertiary/aromatic N) is 3. The highest BCUT2D eigenvalue weighted by molar-refractivity contribution is 7.80. The van der Waals surface area contributed by atoms with E-state index in [0.29, 0.717) is 0 Å². The maximum atomic E-state index is 5.47. The molecule has 0 atom stereocenters. The number of thiocarbonyl (C=S) groups is 1. The molecule has 3 rings (SSSR count). The summed E-state index contributed by atoms with van der Waals surface area (Å²) in [7, 11) is 0. The summed E-state index contributed by atoms with van der Waals surface area (Å²) in [6.07, 6.45) is 2.32. The largest absolute Gasteiger partial charge is 0.362 e. The van der Waals surface area contributed by atoms with Crippen LogP contribution in [0.1, 0.15) is 19.8 Å². The van der Waals surface area contributed by atoms with Crippen molar-refractivity contribution in [3.8, 4) is 0 Å². The van der Waals surface area contributed by atoms with Crippen LogP contribution in [0, 0.1) is 0 Å². The van der Waals surface area contributed by atoms with Crippen LogP contribution in [-0.4, -0.2) is 27.8 Å². The fourth-order valence-electron chi connectivity index (χ4n) is 2.45. The summed E-state index contributed by atoms with van der Waals surface area (Å²) in [6, 6.07) is 8.24. The van der Waals surface area contributed by atoms with Crippen molar-refractivity contribution in [1.82, 2.24) is 14.9 Å². The predicted octanol–water partition coefficient (Wildman–Crippen LogP) is 2.53. The highest BCUT2D eigenvalue weighted by Gasteiger charge is 2.25. The van der Waals surface area contributed by atoms with Crippen molar-refractivity contribution < 1.29 is 0 Å². The smallest absolute Gasteiger partial charge is 0.213 e. The normalized spacial score (nSPS) is 13.8. The molecule has 100 valence electrons. The Morgan fingerprint density at radius 2 is 2.21 bits per heavy atom. The average Bonchev–Trinajstić information content (AvgIpc) is 2.97. The quantitative estimate of drug-likeness (QED) is 0.689. The fraction of sp³-hybridized carbons (Fsp3) is 0.429. The van der Waals surface area contributed by atoms with Gasteiger partial charge in [0.15, 0.2) is 5.11 Å². The number of fused-ring (bicyclic) bond motifs is 3. The first kappa shape index (κ1) is 12.4. The van der Waals surface area contributed by atoms with Crippen LogP contribution in [0.25, 0.3) is 11.0 Å². The number of hydrogen-bond donors (Lipinski definition) is 1. The molecule has 4 nitrogen and oxygen atoms in total. The van der Waals surface area contributed by atoms with Crippen LogP contribution in [0.4, 0.5) is 5.95 Å². The molecule has 1 aromatic carbocycles. The lowest BCUT2D eigenvalue weighted by Gasteiger charge is -2.18. The molecule has 0 aliphatic carbocycles. The van der Waals surface area contributed by atoms with E-state index in [1.807, 2.05) is 12.1 Å². The van der Waals surface area contributed by atoms with E-state index in [2.05, 4.69) is 38.8 Å². The van der Waals surface area contributed by atoms with Crippen molar-refractivity contribution in [2.75, 3.05) is 18.0 Å². The van der Waals surface area contributed by atoms with Gasteiger partial charge in [0.2, 0.25) is 5.95 Å². The average molecular weight is 274 g/mol. The van der Waals surface area contributed by atoms with Gasteiger partial charge in [0.1, 0.15) is 0 Å². The second-order valence-electron chi connectivity index (χ2n) is 4.79. The molecule has 5 heteroatoms. The minimum atomic E-state index is 0.794. The van der Waals surface area contributed by atoms with Crippen LogP contribution in [0.5, 0.6) is 0 Å². The summed E-state index contributed by atoms with van der Waals surface area (Å²) >= 11 is 5.47. The number of unbranched alkanes of at least 4 members (excludes halogenated alkanes) is 1. The highest BCUT2D eigenvalue weighted by Crippen LogP contribution is 2.26. The first-order valence-electron chi connectivity index (χ1n) is 6.82. The third kappa shape index (κ3) is 2.18. The van der Waals surface area contributed by atoms with Gasteiger partial charge in [0, 0.05) is 19.6 Å².